The molecule has 3 amide bonds. The summed E-state index contributed by atoms with van der Waals surface area (Å²) in [4.78, 5) is 105. The Morgan fingerprint density at radius 3 is 1.48 bits per heavy atom. The molecule has 4 bridgehead atoms. The van der Waals surface area contributed by atoms with Gasteiger partial charge in [0, 0.05) is 101 Å². The number of primary amides is 1. The first-order valence-electron chi connectivity index (χ1n) is 27.9. The van der Waals surface area contributed by atoms with E-state index in [4.69, 9.17) is 34.2 Å². The van der Waals surface area contributed by atoms with Crippen LogP contribution < -0.4 is 27.0 Å². The number of rotatable bonds is 13. The molecule has 462 valence electrons. The molecule has 0 spiro atoms. The number of nitrogens with zero attached hydrogens (tertiary/aromatic N) is 1. The summed E-state index contributed by atoms with van der Waals surface area (Å²) in [5.41, 5.74) is 7.78. The lowest BCUT2D eigenvalue weighted by Crippen LogP contribution is -2.37. The molecule has 22 heteroatoms. The van der Waals surface area contributed by atoms with Gasteiger partial charge in [-0.25, -0.2) is 4.79 Å². The fraction of sp³-hybridized carbons (Fsp3) is 0.516. The van der Waals surface area contributed by atoms with Crippen LogP contribution in [0.2, 0.25) is 0 Å². The van der Waals surface area contributed by atoms with Gasteiger partial charge in [0.2, 0.25) is 23.1 Å². The van der Waals surface area contributed by atoms with Crippen molar-refractivity contribution < 1.29 is 77.0 Å². The standard InChI is InChI=1S/C31H46N4O8.C31H42N2O8/c1-18-10-8-13-25(42-7)29(43-31(32)40)20(3)16-19(2)27(37)24(41-6)12-9-11-21-26(33-14-15-35(4)5)23(36)17-22(28(21)38)34-30(18)39;1-8-15-32-27-22-12-10-13-25(39-6)28(36)19(3)16-20(4)30(41-21(5)34)26(40-7)14-9-11-18(2)31(38)33-23(29(22)37)17-24(27)35/h8,10,13,16-17,19,24-25,27,29,33,37H,9,11-12,14-15H2,1-7H3,(H2,32,40)(H,34,39);8-9,11,14,16-17,19,25-26,28,30,32,36H,1,10,12-13,15H2,2-7H3,(H,33,38)/b13-8-,18-10+,20-16+;14-9-,18-11+,20-16+/t19-,24-,25-,27+,29-;19-,25-,26-,28+,30-/m00/s1. The third-order valence-electron chi connectivity index (χ3n) is 14.4. The highest BCUT2D eigenvalue weighted by Gasteiger charge is 2.34. The Bertz CT molecular complexity index is 2740. The van der Waals surface area contributed by atoms with Crippen LogP contribution in [0.1, 0.15) is 87.0 Å². The van der Waals surface area contributed by atoms with E-state index in [1.165, 1.54) is 47.5 Å². The molecule has 84 heavy (non-hydrogen) atoms. The highest BCUT2D eigenvalue weighted by Crippen LogP contribution is 2.29. The van der Waals surface area contributed by atoms with Gasteiger partial charge in [0.25, 0.3) is 11.8 Å². The quantitative estimate of drug-likeness (QED) is 0.0762. The highest BCUT2D eigenvalue weighted by atomic mass is 16.6. The summed E-state index contributed by atoms with van der Waals surface area (Å²) in [6.45, 7) is 16.6. The van der Waals surface area contributed by atoms with Crippen molar-refractivity contribution in [2.24, 2.45) is 17.6 Å². The minimum absolute atomic E-state index is 0.112. The van der Waals surface area contributed by atoms with Crippen LogP contribution in [0.3, 0.4) is 0 Å². The first-order chi connectivity index (χ1) is 39.7. The summed E-state index contributed by atoms with van der Waals surface area (Å²) in [6, 6.07) is 0. The summed E-state index contributed by atoms with van der Waals surface area (Å²) in [6.07, 6.45) is 11.7. The molecule has 10 atom stereocenters. The van der Waals surface area contributed by atoms with Crippen molar-refractivity contribution in [3.63, 3.8) is 0 Å². The molecular formula is C62H88N6O16. The predicted octanol–water partition coefficient (Wildman–Crippen LogP) is 4.43. The lowest BCUT2D eigenvalue weighted by atomic mass is 9.89. The van der Waals surface area contributed by atoms with Crippen LogP contribution in [0.15, 0.2) is 130 Å². The van der Waals surface area contributed by atoms with Crippen LogP contribution in [-0.2, 0) is 62.0 Å². The van der Waals surface area contributed by atoms with Gasteiger partial charge in [-0.05, 0) is 91.5 Å². The number of fused-ring (bicyclic) bond motifs is 4. The number of carbonyl (C=O) groups excluding carboxylic acids is 8. The molecule has 0 aromatic rings. The summed E-state index contributed by atoms with van der Waals surface area (Å²) < 4.78 is 33.3. The molecule has 2 heterocycles. The zero-order chi connectivity index (χ0) is 63.0. The van der Waals surface area contributed by atoms with Gasteiger partial charge in [-0.2, -0.15) is 0 Å². The molecule has 22 nitrogen and oxygen atoms in total. The molecule has 0 aromatic heterocycles. The highest BCUT2D eigenvalue weighted by molar-refractivity contribution is 6.24. The van der Waals surface area contributed by atoms with E-state index < -0.39 is 102 Å². The van der Waals surface area contributed by atoms with Gasteiger partial charge >= 0.3 is 12.1 Å². The number of amides is 3. The van der Waals surface area contributed by atoms with Crippen molar-refractivity contribution in [3.05, 3.63) is 130 Å². The van der Waals surface area contributed by atoms with Crippen molar-refractivity contribution in [1.82, 2.24) is 26.2 Å². The molecule has 0 saturated carbocycles. The van der Waals surface area contributed by atoms with Gasteiger partial charge in [-0.3, -0.25) is 33.6 Å². The van der Waals surface area contributed by atoms with Gasteiger partial charge in [0.1, 0.15) is 12.2 Å². The van der Waals surface area contributed by atoms with E-state index in [0.717, 1.165) is 12.2 Å². The Kier molecular flexibility index (Phi) is 29.8. The van der Waals surface area contributed by atoms with Crippen LogP contribution in [0.4, 0.5) is 4.79 Å². The van der Waals surface area contributed by atoms with Gasteiger partial charge in [-0.1, -0.05) is 68.5 Å². The number of hydrogen-bond acceptors (Lipinski definition) is 19. The number of aliphatic hydroxyl groups excluding tert-OH is 2. The number of nitrogens with two attached hydrogens (primary N) is 1. The Morgan fingerprint density at radius 2 is 1.11 bits per heavy atom. The number of methoxy groups -OCH3 is 4. The lowest BCUT2D eigenvalue weighted by Gasteiger charge is -2.28. The monoisotopic (exact) mass is 1170 g/mol. The van der Waals surface area contributed by atoms with Crippen molar-refractivity contribution in [1.29, 1.82) is 0 Å². The number of Topliss-reactive ketones (excluding diaryl/α,β-unsaturated/α-hetero) is 2. The molecule has 8 N–H and O–H groups in total. The molecule has 0 radical (unpaired) electrons. The molecule has 4 rings (SSSR count). The van der Waals surface area contributed by atoms with Gasteiger partial charge in [-0.15, -0.1) is 6.58 Å². The second-order valence-corrected chi connectivity index (χ2v) is 21.1. The van der Waals surface area contributed by atoms with Gasteiger partial charge < -0.3 is 70.5 Å². The Labute approximate surface area is 493 Å². The summed E-state index contributed by atoms with van der Waals surface area (Å²) in [5.74, 6) is -4.18. The van der Waals surface area contributed by atoms with E-state index in [0.29, 0.717) is 49.9 Å². The van der Waals surface area contributed by atoms with E-state index in [2.05, 4.69) is 27.8 Å². The number of ketones is 4. The molecule has 2 aliphatic carbocycles. The summed E-state index contributed by atoms with van der Waals surface area (Å²) in [7, 11) is 9.70. The Morgan fingerprint density at radius 1 is 0.690 bits per heavy atom. The normalized spacial score (nSPS) is 30.0. The van der Waals surface area contributed by atoms with Crippen molar-refractivity contribution in [2.45, 2.75) is 136 Å². The van der Waals surface area contributed by atoms with E-state index in [9.17, 15) is 48.6 Å². The third kappa shape index (κ3) is 21.2. The van der Waals surface area contributed by atoms with E-state index in [-0.39, 0.29) is 70.4 Å². The topological polar surface area (TPSA) is 310 Å². The molecule has 0 aromatic carbocycles. The average molecular weight is 1170 g/mol. The zero-order valence-corrected chi connectivity index (χ0v) is 50.8. The minimum atomic E-state index is -0.996. The number of esters is 1. The zero-order valence-electron chi connectivity index (χ0n) is 50.8. The summed E-state index contributed by atoms with van der Waals surface area (Å²) in [5, 5.41) is 33.5. The fourth-order valence-electron chi connectivity index (χ4n) is 9.69. The van der Waals surface area contributed by atoms with Crippen molar-refractivity contribution in [2.75, 3.05) is 62.2 Å². The second-order valence-electron chi connectivity index (χ2n) is 21.1. The number of ether oxygens (including phenoxy) is 6. The maximum absolute atomic E-state index is 13.5. The molecule has 0 saturated heterocycles. The van der Waals surface area contributed by atoms with E-state index in [1.807, 2.05) is 32.0 Å². The van der Waals surface area contributed by atoms with Crippen molar-refractivity contribution >= 4 is 47.0 Å². The second kappa shape index (κ2) is 35.2. The molecule has 4 aliphatic rings. The van der Waals surface area contributed by atoms with Crippen LogP contribution in [0, 0.1) is 11.8 Å². The average Bonchev–Trinajstić information content (AvgIpc) is 3.61. The smallest absolute Gasteiger partial charge is 0.405 e. The minimum Gasteiger partial charge on any atom is -0.455 e. The number of allylic oxidation sites excluding steroid dienone is 8. The van der Waals surface area contributed by atoms with Crippen LogP contribution in [0.5, 0.6) is 0 Å². The number of aliphatic hydroxyl groups is 2. The van der Waals surface area contributed by atoms with Crippen LogP contribution >= 0.6 is 0 Å². The lowest BCUT2D eigenvalue weighted by molar-refractivity contribution is -0.149. The number of hydrogen-bond donors (Lipinski definition) is 7. The maximum Gasteiger partial charge on any atom is 0.405 e. The van der Waals surface area contributed by atoms with Gasteiger partial charge in [0.15, 0.2) is 12.2 Å². The molecule has 0 unspecified atom stereocenters. The SMILES string of the molecule is C=CCNC1=C2CCC[C@H](OC)[C@H](O)[C@@H](C)/C=C(\C)[C@H](OC(C)=O)[C@@H](OC)/C=C\C=C(/C)C(=O)NC(=CC1=O)C2=O.CO[C@H]1/C=C\C=C(/C)C(=O)NC2=CC(=O)C(NCCN(C)C)=C(CCC[C@H](OC)[C@H](O)[C@@H](C)/C=C(\C)[C@@H]1OC(N)=O)C2=O. The first-order valence-corrected chi connectivity index (χ1v) is 27.9. The third-order valence-corrected chi connectivity index (χ3v) is 14.4. The summed E-state index contributed by atoms with van der Waals surface area (Å²) >= 11 is 0. The Balaban J connectivity index is 0.000000441. The Hall–Kier alpha value is -7.18. The largest absolute Gasteiger partial charge is 0.455 e. The first kappa shape index (κ1) is 71.1. The molecule has 0 fully saturated rings. The van der Waals surface area contributed by atoms with Crippen LogP contribution in [0.25, 0.3) is 0 Å². The number of nitrogens with one attached hydrogen (secondary N) is 4. The van der Waals surface area contributed by atoms with Crippen molar-refractivity contribution in [3.8, 4) is 0 Å². The number of carbonyl (C=O) groups is 8. The predicted molar refractivity (Wildman–Crippen MR) is 316 cm³/mol. The van der Waals surface area contributed by atoms with E-state index in [1.54, 1.807) is 71.1 Å². The molecule has 2 aliphatic heterocycles. The van der Waals surface area contributed by atoms with Crippen LogP contribution in [-0.4, -0.2) is 173 Å². The maximum atomic E-state index is 13.5. The van der Waals surface area contributed by atoms with E-state index >= 15 is 0 Å². The fourth-order valence-corrected chi connectivity index (χ4v) is 9.69. The van der Waals surface area contributed by atoms with Gasteiger partial charge in [0.05, 0.1) is 47.2 Å². The number of likely N-dealkylation sites (N-methyl/N-ethyl adjacent to an activating group) is 1. The molecular weight excluding hydrogens is 1080 g/mol.